The van der Waals surface area contributed by atoms with Gasteiger partial charge in [-0.15, -0.1) is 0 Å². The van der Waals surface area contributed by atoms with Gasteiger partial charge in [0, 0.05) is 13.1 Å². The lowest BCUT2D eigenvalue weighted by molar-refractivity contribution is -0.136. The molecule has 2 aliphatic rings. The van der Waals surface area contributed by atoms with Crippen molar-refractivity contribution in [2.24, 2.45) is 5.73 Å². The summed E-state index contributed by atoms with van der Waals surface area (Å²) in [5.41, 5.74) is 5.73. The van der Waals surface area contributed by atoms with E-state index < -0.39 is 0 Å². The van der Waals surface area contributed by atoms with Gasteiger partial charge in [0.2, 0.25) is 5.91 Å². The van der Waals surface area contributed by atoms with E-state index in [0.717, 1.165) is 19.4 Å². The lowest BCUT2D eigenvalue weighted by atomic mass is 10.1. The van der Waals surface area contributed by atoms with E-state index in [2.05, 4.69) is 0 Å². The third kappa shape index (κ3) is 2.95. The van der Waals surface area contributed by atoms with Gasteiger partial charge in [0.15, 0.2) is 0 Å². The van der Waals surface area contributed by atoms with E-state index in [1.54, 1.807) is 0 Å². The van der Waals surface area contributed by atoms with Crippen LogP contribution in [0.1, 0.15) is 38.5 Å². The van der Waals surface area contributed by atoms with Gasteiger partial charge in [-0.25, -0.2) is 0 Å². The number of carbonyl (C=O) groups is 1. The van der Waals surface area contributed by atoms with Crippen LogP contribution in [0.2, 0.25) is 0 Å². The minimum atomic E-state index is -0.278. The minimum Gasteiger partial charge on any atom is -0.376 e. The van der Waals surface area contributed by atoms with Crippen LogP contribution >= 0.6 is 0 Å². The van der Waals surface area contributed by atoms with Gasteiger partial charge in [-0.2, -0.15) is 0 Å². The zero-order chi connectivity index (χ0) is 11.4. The van der Waals surface area contributed by atoms with Crippen LogP contribution in [-0.2, 0) is 9.53 Å². The molecule has 1 amide bonds. The molecule has 0 aromatic rings. The molecule has 1 atom stereocenters. The predicted octanol–water partition coefficient (Wildman–Crippen LogP) is 0.895. The highest BCUT2D eigenvalue weighted by molar-refractivity contribution is 5.82. The maximum atomic E-state index is 11.7. The van der Waals surface area contributed by atoms with Gasteiger partial charge in [0.1, 0.15) is 0 Å². The number of amides is 1. The molecule has 0 bridgehead atoms. The predicted molar refractivity (Wildman–Crippen MR) is 62.0 cm³/mol. The van der Waals surface area contributed by atoms with Gasteiger partial charge in [-0.1, -0.05) is 12.8 Å². The molecule has 1 saturated carbocycles. The lowest BCUT2D eigenvalue weighted by Crippen LogP contribution is -2.49. The van der Waals surface area contributed by atoms with Crippen LogP contribution < -0.4 is 5.73 Å². The number of rotatable bonds is 4. The number of likely N-dealkylation sites (tertiary alicyclic amines) is 1. The number of hydrogen-bond donors (Lipinski definition) is 1. The molecular formula is C12H22N2O2. The largest absolute Gasteiger partial charge is 0.376 e. The maximum Gasteiger partial charge on any atom is 0.239 e. The number of nitrogens with zero attached hydrogens (tertiary/aromatic N) is 1. The van der Waals surface area contributed by atoms with Crippen molar-refractivity contribution < 1.29 is 9.53 Å². The number of hydrogen-bond acceptors (Lipinski definition) is 3. The van der Waals surface area contributed by atoms with Crippen molar-refractivity contribution in [2.45, 2.75) is 50.7 Å². The topological polar surface area (TPSA) is 55.6 Å². The van der Waals surface area contributed by atoms with Crippen LogP contribution in [-0.4, -0.2) is 42.6 Å². The van der Waals surface area contributed by atoms with Crippen molar-refractivity contribution in [3.63, 3.8) is 0 Å². The van der Waals surface area contributed by atoms with Crippen LogP contribution in [0.15, 0.2) is 0 Å². The van der Waals surface area contributed by atoms with Crippen molar-refractivity contribution in [1.29, 1.82) is 0 Å². The summed E-state index contributed by atoms with van der Waals surface area (Å²) in [6, 6.07) is -0.278. The Morgan fingerprint density at radius 2 is 2.00 bits per heavy atom. The van der Waals surface area contributed by atoms with Crippen molar-refractivity contribution in [3.05, 3.63) is 0 Å². The first-order valence-corrected chi connectivity index (χ1v) is 6.43. The molecule has 16 heavy (non-hydrogen) atoms. The van der Waals surface area contributed by atoms with E-state index in [1.165, 1.54) is 25.7 Å². The molecule has 1 aliphatic heterocycles. The van der Waals surface area contributed by atoms with Gasteiger partial charge in [-0.05, 0) is 25.7 Å². The quantitative estimate of drug-likeness (QED) is 0.774. The average Bonchev–Trinajstić information content (AvgIpc) is 2.77. The van der Waals surface area contributed by atoms with E-state index in [4.69, 9.17) is 10.5 Å². The highest BCUT2D eigenvalue weighted by Gasteiger charge is 2.25. The summed E-state index contributed by atoms with van der Waals surface area (Å²) in [4.78, 5) is 13.5. The fourth-order valence-corrected chi connectivity index (χ4v) is 2.58. The van der Waals surface area contributed by atoms with Crippen molar-refractivity contribution in [3.8, 4) is 0 Å². The molecule has 4 nitrogen and oxygen atoms in total. The van der Waals surface area contributed by atoms with Crippen LogP contribution in [0.5, 0.6) is 0 Å². The normalized spacial score (nSPS) is 27.7. The fraction of sp³-hybridized carbons (Fsp3) is 0.917. The third-order valence-electron chi connectivity index (χ3n) is 3.59. The number of piperidine rings is 1. The Morgan fingerprint density at radius 3 is 2.75 bits per heavy atom. The highest BCUT2D eigenvalue weighted by Crippen LogP contribution is 2.20. The van der Waals surface area contributed by atoms with E-state index in [9.17, 15) is 4.79 Å². The molecule has 1 unspecified atom stereocenters. The fourth-order valence-electron chi connectivity index (χ4n) is 2.58. The second-order valence-corrected chi connectivity index (χ2v) is 4.85. The first kappa shape index (κ1) is 11.9. The molecule has 1 aliphatic carbocycles. The second kappa shape index (κ2) is 5.64. The van der Waals surface area contributed by atoms with Crippen molar-refractivity contribution in [1.82, 2.24) is 4.90 Å². The lowest BCUT2D eigenvalue weighted by Gasteiger charge is -2.30. The summed E-state index contributed by atoms with van der Waals surface area (Å²) < 4.78 is 5.75. The summed E-state index contributed by atoms with van der Waals surface area (Å²) in [5, 5.41) is 0. The number of carbonyl (C=O) groups excluding carboxylic acids is 1. The number of ether oxygens (including phenoxy) is 1. The Labute approximate surface area is 97.1 Å². The Kier molecular flexibility index (Phi) is 4.18. The molecule has 2 fully saturated rings. The van der Waals surface area contributed by atoms with E-state index in [0.29, 0.717) is 19.3 Å². The van der Waals surface area contributed by atoms with E-state index in [-0.39, 0.29) is 11.9 Å². The van der Waals surface area contributed by atoms with Crippen molar-refractivity contribution in [2.75, 3.05) is 19.7 Å². The molecule has 0 aromatic heterocycles. The minimum absolute atomic E-state index is 0.0984. The Bertz CT molecular complexity index is 239. The standard InChI is InChI=1S/C12H22N2O2/c13-11-6-3-7-14(12(11)15)8-9-16-10-4-1-2-5-10/h10-11H,1-9,13H2. The van der Waals surface area contributed by atoms with Crippen LogP contribution in [0.3, 0.4) is 0 Å². The smallest absolute Gasteiger partial charge is 0.239 e. The Hall–Kier alpha value is -0.610. The van der Waals surface area contributed by atoms with E-state index >= 15 is 0 Å². The Balaban J connectivity index is 1.66. The molecule has 4 heteroatoms. The Morgan fingerprint density at radius 1 is 1.25 bits per heavy atom. The van der Waals surface area contributed by atoms with Gasteiger partial charge >= 0.3 is 0 Å². The second-order valence-electron chi connectivity index (χ2n) is 4.85. The summed E-state index contributed by atoms with van der Waals surface area (Å²) in [6.07, 6.45) is 7.25. The molecule has 2 rings (SSSR count). The molecule has 0 spiro atoms. The summed E-state index contributed by atoms with van der Waals surface area (Å²) >= 11 is 0. The summed E-state index contributed by atoms with van der Waals surface area (Å²) in [6.45, 7) is 2.23. The first-order chi connectivity index (χ1) is 7.77. The monoisotopic (exact) mass is 226 g/mol. The van der Waals surface area contributed by atoms with E-state index in [1.807, 2.05) is 4.90 Å². The van der Waals surface area contributed by atoms with Gasteiger partial charge in [-0.3, -0.25) is 4.79 Å². The molecule has 92 valence electrons. The van der Waals surface area contributed by atoms with Crippen LogP contribution in [0, 0.1) is 0 Å². The zero-order valence-electron chi connectivity index (χ0n) is 9.86. The molecular weight excluding hydrogens is 204 g/mol. The number of nitrogens with two attached hydrogens (primary N) is 1. The highest BCUT2D eigenvalue weighted by atomic mass is 16.5. The SMILES string of the molecule is NC1CCCN(CCOC2CCCC2)C1=O. The van der Waals surface area contributed by atoms with Gasteiger partial charge < -0.3 is 15.4 Å². The van der Waals surface area contributed by atoms with Crippen LogP contribution in [0.4, 0.5) is 0 Å². The summed E-state index contributed by atoms with van der Waals surface area (Å²) in [7, 11) is 0. The molecule has 2 N–H and O–H groups in total. The van der Waals surface area contributed by atoms with Gasteiger partial charge in [0.25, 0.3) is 0 Å². The third-order valence-corrected chi connectivity index (χ3v) is 3.59. The van der Waals surface area contributed by atoms with Gasteiger partial charge in [0.05, 0.1) is 18.8 Å². The molecule has 0 radical (unpaired) electrons. The first-order valence-electron chi connectivity index (χ1n) is 6.43. The average molecular weight is 226 g/mol. The molecule has 1 saturated heterocycles. The molecule has 1 heterocycles. The zero-order valence-corrected chi connectivity index (χ0v) is 9.86. The molecule has 0 aromatic carbocycles. The van der Waals surface area contributed by atoms with Crippen molar-refractivity contribution >= 4 is 5.91 Å². The maximum absolute atomic E-state index is 11.7. The summed E-state index contributed by atoms with van der Waals surface area (Å²) in [5.74, 6) is 0.0984. The van der Waals surface area contributed by atoms with Crippen LogP contribution in [0.25, 0.3) is 0 Å².